The highest BCUT2D eigenvalue weighted by Gasteiger charge is 2.48. The summed E-state index contributed by atoms with van der Waals surface area (Å²) in [5, 5.41) is 10.0. The highest BCUT2D eigenvalue weighted by atomic mass is 35.5. The third-order valence-corrected chi connectivity index (χ3v) is 9.11. The SMILES string of the molecule is CN1CCC(C[S+](O)Nc2cc(F)c(COc3nc4nc(O[C@@H]5CO[C@H]6[C@@H]5OC[C@H]6O)[nH]c4cc3Cl)c(F)c2)CC1. The monoisotopic (exact) mass is 614 g/mol. The number of aromatic amines is 1. The molecular weight excluding hydrogens is 584 g/mol. The van der Waals surface area contributed by atoms with E-state index in [0.717, 1.165) is 38.1 Å². The zero-order valence-electron chi connectivity index (χ0n) is 22.2. The fraction of sp³-hybridized carbons (Fsp3) is 0.538. The lowest BCUT2D eigenvalue weighted by molar-refractivity contribution is 0.00706. The normalized spacial score (nSPS) is 25.9. The third kappa shape index (κ3) is 6.33. The van der Waals surface area contributed by atoms with Crippen LogP contribution in [0.3, 0.4) is 0 Å². The van der Waals surface area contributed by atoms with Crippen LogP contribution in [0, 0.1) is 17.6 Å². The first kappa shape index (κ1) is 28.6. The molecule has 4 N–H and O–H groups in total. The van der Waals surface area contributed by atoms with Crippen molar-refractivity contribution < 1.29 is 37.4 Å². The summed E-state index contributed by atoms with van der Waals surface area (Å²) in [6, 6.07) is 3.94. The van der Waals surface area contributed by atoms with Crippen molar-refractivity contribution in [2.75, 3.05) is 43.8 Å². The minimum Gasteiger partial charge on any atom is -0.471 e. The topological polar surface area (TPSA) is 134 Å². The van der Waals surface area contributed by atoms with Gasteiger partial charge in [0.25, 0.3) is 17.4 Å². The highest BCUT2D eigenvalue weighted by Crippen LogP contribution is 2.32. The molecule has 41 heavy (non-hydrogen) atoms. The number of anilines is 1. The van der Waals surface area contributed by atoms with E-state index in [4.69, 9.17) is 30.5 Å². The molecule has 0 aliphatic carbocycles. The summed E-state index contributed by atoms with van der Waals surface area (Å²) in [7, 11) is 2.07. The number of H-pyrrole nitrogens is 1. The number of aliphatic hydroxyl groups is 1. The summed E-state index contributed by atoms with van der Waals surface area (Å²) in [6.45, 7) is 1.88. The Morgan fingerprint density at radius 3 is 2.63 bits per heavy atom. The first-order chi connectivity index (χ1) is 19.7. The van der Waals surface area contributed by atoms with Crippen LogP contribution < -0.4 is 14.2 Å². The lowest BCUT2D eigenvalue weighted by Gasteiger charge is -2.27. The van der Waals surface area contributed by atoms with Crippen molar-refractivity contribution in [2.45, 2.75) is 43.9 Å². The van der Waals surface area contributed by atoms with E-state index < -0.39 is 54.0 Å². The van der Waals surface area contributed by atoms with E-state index in [1.54, 1.807) is 0 Å². The number of nitrogens with one attached hydrogen (secondary N) is 2. The number of pyridine rings is 1. The number of benzene rings is 1. The van der Waals surface area contributed by atoms with Gasteiger partial charge >= 0.3 is 0 Å². The summed E-state index contributed by atoms with van der Waals surface area (Å²) >= 11 is 5.11. The third-order valence-electron chi connectivity index (χ3n) is 7.58. The molecule has 0 radical (unpaired) electrons. The van der Waals surface area contributed by atoms with Crippen molar-refractivity contribution in [1.82, 2.24) is 19.9 Å². The molecule has 0 amide bonds. The Bertz CT molecular complexity index is 1370. The van der Waals surface area contributed by atoms with E-state index in [0.29, 0.717) is 17.2 Å². The highest BCUT2D eigenvalue weighted by molar-refractivity contribution is 7.92. The molecule has 5 heterocycles. The zero-order chi connectivity index (χ0) is 28.7. The van der Waals surface area contributed by atoms with Crippen LogP contribution in [0.5, 0.6) is 11.9 Å². The van der Waals surface area contributed by atoms with Gasteiger partial charge in [0.05, 0.1) is 30.0 Å². The van der Waals surface area contributed by atoms with Crippen LogP contribution in [-0.4, -0.2) is 93.0 Å². The maximum absolute atomic E-state index is 14.9. The van der Waals surface area contributed by atoms with Gasteiger partial charge in [0.1, 0.15) is 41.6 Å². The number of piperidine rings is 1. The molecule has 3 saturated heterocycles. The van der Waals surface area contributed by atoms with Gasteiger partial charge in [-0.3, -0.25) is 0 Å². The number of fused-ring (bicyclic) bond motifs is 2. The van der Waals surface area contributed by atoms with Crippen LogP contribution >= 0.6 is 11.6 Å². The van der Waals surface area contributed by atoms with E-state index >= 15 is 0 Å². The van der Waals surface area contributed by atoms with E-state index in [1.807, 2.05) is 0 Å². The summed E-state index contributed by atoms with van der Waals surface area (Å²) in [5.74, 6) is -0.818. The minimum atomic E-state index is -1.21. The zero-order valence-corrected chi connectivity index (χ0v) is 23.8. The molecule has 0 spiro atoms. The number of ether oxygens (including phenoxy) is 4. The van der Waals surface area contributed by atoms with Gasteiger partial charge in [-0.15, -0.1) is 0 Å². The smallest absolute Gasteiger partial charge is 0.296 e. The van der Waals surface area contributed by atoms with Gasteiger partial charge in [0.15, 0.2) is 17.5 Å². The number of aromatic nitrogens is 3. The molecule has 11 nitrogen and oxygen atoms in total. The van der Waals surface area contributed by atoms with Gasteiger partial charge in [-0.1, -0.05) is 11.6 Å². The molecule has 1 aromatic carbocycles. The predicted molar refractivity (Wildman–Crippen MR) is 148 cm³/mol. The second kappa shape index (κ2) is 12.0. The Hall–Kier alpha value is -2.46. The Balaban J connectivity index is 1.08. The number of hydrogen-bond donors (Lipinski definition) is 4. The van der Waals surface area contributed by atoms with Gasteiger partial charge < -0.3 is 33.9 Å². The van der Waals surface area contributed by atoms with Crippen molar-refractivity contribution in [2.24, 2.45) is 5.92 Å². The van der Waals surface area contributed by atoms with Crippen molar-refractivity contribution >= 4 is 39.8 Å². The number of halogens is 3. The second-order valence-electron chi connectivity index (χ2n) is 10.6. The predicted octanol–water partition coefficient (Wildman–Crippen LogP) is 3.13. The summed E-state index contributed by atoms with van der Waals surface area (Å²) in [4.78, 5) is 13.8. The van der Waals surface area contributed by atoms with Crippen LogP contribution in [0.15, 0.2) is 18.2 Å². The summed E-state index contributed by atoms with van der Waals surface area (Å²) in [6.07, 6.45) is -0.0741. The number of rotatable bonds is 9. The molecule has 3 fully saturated rings. The lowest BCUT2D eigenvalue weighted by atomic mass is 10.00. The Morgan fingerprint density at radius 1 is 1.15 bits per heavy atom. The molecule has 6 rings (SSSR count). The number of imidazole rings is 1. The molecular formula is C26H31ClF2N5O6S+. The largest absolute Gasteiger partial charge is 0.471 e. The number of aliphatic hydroxyl groups excluding tert-OH is 1. The van der Waals surface area contributed by atoms with Gasteiger partial charge in [-0.2, -0.15) is 19.2 Å². The Morgan fingerprint density at radius 2 is 1.88 bits per heavy atom. The van der Waals surface area contributed by atoms with Crippen LogP contribution in [0.1, 0.15) is 18.4 Å². The van der Waals surface area contributed by atoms with Crippen molar-refractivity contribution in [3.05, 3.63) is 40.4 Å². The molecule has 15 heteroatoms. The van der Waals surface area contributed by atoms with E-state index in [9.17, 15) is 18.4 Å². The van der Waals surface area contributed by atoms with Gasteiger partial charge in [0.2, 0.25) is 5.88 Å². The first-order valence-electron chi connectivity index (χ1n) is 13.3. The van der Waals surface area contributed by atoms with Gasteiger partial charge in [0, 0.05) is 18.1 Å². The van der Waals surface area contributed by atoms with Crippen molar-refractivity contribution in [1.29, 1.82) is 0 Å². The Kier molecular flexibility index (Phi) is 8.41. The second-order valence-corrected chi connectivity index (χ2v) is 12.3. The number of likely N-dealkylation sites (tertiary alicyclic amines) is 1. The Labute approximate surface area is 242 Å². The van der Waals surface area contributed by atoms with E-state index in [2.05, 4.69) is 31.6 Å². The average Bonchev–Trinajstić information content (AvgIpc) is 3.61. The fourth-order valence-corrected chi connectivity index (χ4v) is 6.75. The molecule has 0 saturated carbocycles. The molecule has 222 valence electrons. The van der Waals surface area contributed by atoms with Gasteiger partial charge in [-0.05, 0) is 39.0 Å². The maximum atomic E-state index is 14.9. The van der Waals surface area contributed by atoms with Gasteiger partial charge in [-0.25, -0.2) is 8.78 Å². The van der Waals surface area contributed by atoms with Crippen LogP contribution in [0.25, 0.3) is 11.2 Å². The van der Waals surface area contributed by atoms with Crippen LogP contribution in [0.4, 0.5) is 14.5 Å². The van der Waals surface area contributed by atoms with Crippen molar-refractivity contribution in [3.63, 3.8) is 0 Å². The van der Waals surface area contributed by atoms with E-state index in [-0.39, 0.29) is 47.0 Å². The quantitative estimate of drug-likeness (QED) is 0.266. The summed E-state index contributed by atoms with van der Waals surface area (Å²) in [5.41, 5.74) is 0.540. The van der Waals surface area contributed by atoms with Crippen LogP contribution in [-0.2, 0) is 27.4 Å². The molecule has 3 aliphatic rings. The van der Waals surface area contributed by atoms with E-state index in [1.165, 1.54) is 6.07 Å². The van der Waals surface area contributed by atoms with Crippen molar-refractivity contribution in [3.8, 4) is 11.9 Å². The number of nitrogens with zero attached hydrogens (tertiary/aromatic N) is 3. The van der Waals surface area contributed by atoms with Crippen LogP contribution in [0.2, 0.25) is 5.02 Å². The molecule has 1 unspecified atom stereocenters. The molecule has 3 aliphatic heterocycles. The first-order valence-corrected chi connectivity index (χ1v) is 15.1. The molecule has 3 aromatic rings. The molecule has 0 bridgehead atoms. The average molecular weight is 615 g/mol. The molecule has 2 aromatic heterocycles. The number of hydrogen-bond acceptors (Lipinski definition) is 10. The maximum Gasteiger partial charge on any atom is 0.296 e. The standard InChI is InChI=1S/C26H31ClF2N5O6S/c1-34-4-2-13(3-5-34)12-41(36)33-14-6-17(28)15(18(29)7-14)9-39-25-16(27)8-19-24(31-25)32-26(30-19)40-21-11-38-22-20(35)10-37-23(21)22/h6-8,13,20-23,33,35-36H,2-5,9-12H2,1H3,(H,30,31,32)/q+1/t20-,21-,22-,23-,41?/m1/s1. The summed E-state index contributed by atoms with van der Waals surface area (Å²) < 4.78 is 65.6. The lowest BCUT2D eigenvalue weighted by Crippen LogP contribution is -2.34. The minimum absolute atomic E-state index is 0.0558. The molecule has 5 atom stereocenters. The fourth-order valence-electron chi connectivity index (χ4n) is 5.29.